The highest BCUT2D eigenvalue weighted by molar-refractivity contribution is 5.76. The highest BCUT2D eigenvalue weighted by Gasteiger charge is 2.20. The zero-order valence-corrected chi connectivity index (χ0v) is 10.9. The summed E-state index contributed by atoms with van der Waals surface area (Å²) in [6.07, 6.45) is 4.12. The molecule has 1 aliphatic heterocycles. The molecule has 1 rings (SSSR count). The maximum absolute atomic E-state index is 11.8. The van der Waals surface area contributed by atoms with Crippen LogP contribution in [0.25, 0.3) is 0 Å². The van der Waals surface area contributed by atoms with Crippen molar-refractivity contribution in [3.63, 3.8) is 0 Å². The molecule has 1 saturated heterocycles. The van der Waals surface area contributed by atoms with Gasteiger partial charge in [-0.25, -0.2) is 0 Å². The Kier molecular flexibility index (Phi) is 5.81. The summed E-state index contributed by atoms with van der Waals surface area (Å²) in [6.45, 7) is 8.59. The van der Waals surface area contributed by atoms with E-state index in [9.17, 15) is 4.79 Å². The minimum Gasteiger partial charge on any atom is -0.353 e. The highest BCUT2D eigenvalue weighted by atomic mass is 16.1. The molecule has 16 heavy (non-hydrogen) atoms. The number of rotatable bonds is 6. The topological polar surface area (TPSA) is 41.1 Å². The predicted octanol–water partition coefficient (Wildman–Crippen LogP) is 1.93. The van der Waals surface area contributed by atoms with Gasteiger partial charge in [-0.15, -0.1) is 0 Å². The molecule has 0 bridgehead atoms. The maximum Gasteiger partial charge on any atom is 0.220 e. The molecule has 1 heterocycles. The molecule has 2 atom stereocenters. The van der Waals surface area contributed by atoms with E-state index in [2.05, 4.69) is 31.4 Å². The van der Waals surface area contributed by atoms with E-state index in [4.69, 9.17) is 0 Å². The first-order chi connectivity index (χ1) is 7.67. The summed E-state index contributed by atoms with van der Waals surface area (Å²) >= 11 is 0. The minimum atomic E-state index is 0.230. The van der Waals surface area contributed by atoms with E-state index in [-0.39, 0.29) is 5.91 Å². The van der Waals surface area contributed by atoms with Crippen LogP contribution in [-0.4, -0.2) is 25.0 Å². The Hall–Kier alpha value is -0.570. The Labute approximate surface area is 99.4 Å². The van der Waals surface area contributed by atoms with Crippen LogP contribution < -0.4 is 10.6 Å². The Bertz CT molecular complexity index is 208. The average Bonchev–Trinajstić information content (AvgIpc) is 2.71. The SMILES string of the molecule is CCC(CC)C(C)NC(=O)CC1CCNC1. The molecule has 2 N–H and O–H groups in total. The zero-order chi connectivity index (χ0) is 12.0. The molecule has 1 aliphatic rings. The van der Waals surface area contributed by atoms with Gasteiger partial charge >= 0.3 is 0 Å². The Morgan fingerprint density at radius 3 is 2.62 bits per heavy atom. The normalized spacial score (nSPS) is 22.4. The van der Waals surface area contributed by atoms with E-state index in [0.29, 0.717) is 24.3 Å². The molecular weight excluding hydrogens is 200 g/mol. The molecule has 0 radical (unpaired) electrons. The average molecular weight is 226 g/mol. The number of carbonyl (C=O) groups is 1. The van der Waals surface area contributed by atoms with Gasteiger partial charge in [0.2, 0.25) is 5.91 Å². The monoisotopic (exact) mass is 226 g/mol. The number of hydrogen-bond acceptors (Lipinski definition) is 2. The quantitative estimate of drug-likeness (QED) is 0.726. The minimum absolute atomic E-state index is 0.230. The summed E-state index contributed by atoms with van der Waals surface area (Å²) in [7, 11) is 0. The molecule has 3 heteroatoms. The van der Waals surface area contributed by atoms with Gasteiger partial charge < -0.3 is 10.6 Å². The third kappa shape index (κ3) is 4.12. The van der Waals surface area contributed by atoms with Gasteiger partial charge in [-0.05, 0) is 38.3 Å². The zero-order valence-electron chi connectivity index (χ0n) is 10.9. The molecule has 1 fully saturated rings. The van der Waals surface area contributed by atoms with Gasteiger partial charge in [0.05, 0.1) is 0 Å². The second-order valence-electron chi connectivity index (χ2n) is 5.00. The van der Waals surface area contributed by atoms with Crippen molar-refractivity contribution in [3.05, 3.63) is 0 Å². The smallest absolute Gasteiger partial charge is 0.220 e. The van der Waals surface area contributed by atoms with Crippen molar-refractivity contribution >= 4 is 5.91 Å². The fourth-order valence-electron chi connectivity index (χ4n) is 2.58. The van der Waals surface area contributed by atoms with Crippen molar-refractivity contribution in [2.45, 2.75) is 52.5 Å². The molecule has 0 aromatic heterocycles. The van der Waals surface area contributed by atoms with Crippen LogP contribution in [0.1, 0.15) is 46.5 Å². The van der Waals surface area contributed by atoms with Crippen LogP contribution in [0.3, 0.4) is 0 Å². The summed E-state index contributed by atoms with van der Waals surface area (Å²) in [5.41, 5.74) is 0. The maximum atomic E-state index is 11.8. The Morgan fingerprint density at radius 2 is 2.12 bits per heavy atom. The molecule has 0 aliphatic carbocycles. The molecule has 0 aromatic rings. The summed E-state index contributed by atoms with van der Waals surface area (Å²) in [5, 5.41) is 6.44. The summed E-state index contributed by atoms with van der Waals surface area (Å²) < 4.78 is 0. The molecule has 0 spiro atoms. The van der Waals surface area contributed by atoms with Crippen LogP contribution in [0.4, 0.5) is 0 Å². The summed E-state index contributed by atoms with van der Waals surface area (Å²) in [5.74, 6) is 1.40. The molecule has 3 nitrogen and oxygen atoms in total. The standard InChI is InChI=1S/C13H26N2O/c1-4-12(5-2)10(3)15-13(16)8-11-6-7-14-9-11/h10-12,14H,4-9H2,1-3H3,(H,15,16). The molecule has 0 aromatic carbocycles. The van der Waals surface area contributed by atoms with Gasteiger partial charge in [-0.2, -0.15) is 0 Å². The molecule has 94 valence electrons. The number of hydrogen-bond donors (Lipinski definition) is 2. The van der Waals surface area contributed by atoms with E-state index in [1.165, 1.54) is 0 Å². The largest absolute Gasteiger partial charge is 0.353 e. The van der Waals surface area contributed by atoms with Crippen LogP contribution in [-0.2, 0) is 4.79 Å². The van der Waals surface area contributed by atoms with Crippen LogP contribution in [0.15, 0.2) is 0 Å². The lowest BCUT2D eigenvalue weighted by Crippen LogP contribution is -2.38. The van der Waals surface area contributed by atoms with E-state index >= 15 is 0 Å². The van der Waals surface area contributed by atoms with Crippen molar-refractivity contribution in [1.82, 2.24) is 10.6 Å². The lowest BCUT2D eigenvalue weighted by atomic mass is 9.95. The van der Waals surface area contributed by atoms with Crippen LogP contribution >= 0.6 is 0 Å². The van der Waals surface area contributed by atoms with Gasteiger partial charge in [0, 0.05) is 12.5 Å². The second kappa shape index (κ2) is 6.89. The summed E-state index contributed by atoms with van der Waals surface area (Å²) in [4.78, 5) is 11.8. The Morgan fingerprint density at radius 1 is 1.44 bits per heavy atom. The lowest BCUT2D eigenvalue weighted by Gasteiger charge is -2.23. The van der Waals surface area contributed by atoms with Gasteiger partial charge in [-0.3, -0.25) is 4.79 Å². The first-order valence-electron chi connectivity index (χ1n) is 6.67. The fraction of sp³-hybridized carbons (Fsp3) is 0.923. The van der Waals surface area contributed by atoms with Crippen molar-refractivity contribution in [2.24, 2.45) is 11.8 Å². The third-order valence-electron chi connectivity index (χ3n) is 3.78. The molecular formula is C13H26N2O. The van der Waals surface area contributed by atoms with Crippen molar-refractivity contribution in [3.8, 4) is 0 Å². The van der Waals surface area contributed by atoms with E-state index in [1.807, 2.05) is 0 Å². The van der Waals surface area contributed by atoms with Crippen molar-refractivity contribution in [2.75, 3.05) is 13.1 Å². The molecule has 0 saturated carbocycles. The molecule has 2 unspecified atom stereocenters. The van der Waals surface area contributed by atoms with Gasteiger partial charge in [0.15, 0.2) is 0 Å². The summed E-state index contributed by atoms with van der Waals surface area (Å²) in [6, 6.07) is 0.317. The van der Waals surface area contributed by atoms with Gasteiger partial charge in [-0.1, -0.05) is 26.7 Å². The number of amides is 1. The predicted molar refractivity (Wildman–Crippen MR) is 67.3 cm³/mol. The van der Waals surface area contributed by atoms with E-state index in [1.54, 1.807) is 0 Å². The van der Waals surface area contributed by atoms with Crippen LogP contribution in [0, 0.1) is 11.8 Å². The first kappa shape index (κ1) is 13.5. The third-order valence-corrected chi connectivity index (χ3v) is 3.78. The van der Waals surface area contributed by atoms with Crippen LogP contribution in [0.2, 0.25) is 0 Å². The number of carbonyl (C=O) groups excluding carboxylic acids is 1. The van der Waals surface area contributed by atoms with E-state index in [0.717, 1.165) is 32.4 Å². The molecule has 1 amide bonds. The Balaban J connectivity index is 2.26. The van der Waals surface area contributed by atoms with Gasteiger partial charge in [0.1, 0.15) is 0 Å². The van der Waals surface area contributed by atoms with Crippen LogP contribution in [0.5, 0.6) is 0 Å². The first-order valence-corrected chi connectivity index (χ1v) is 6.67. The van der Waals surface area contributed by atoms with Crippen molar-refractivity contribution < 1.29 is 4.79 Å². The number of nitrogens with one attached hydrogen (secondary N) is 2. The lowest BCUT2D eigenvalue weighted by molar-refractivity contribution is -0.122. The van der Waals surface area contributed by atoms with E-state index < -0.39 is 0 Å². The fourth-order valence-corrected chi connectivity index (χ4v) is 2.58. The second-order valence-corrected chi connectivity index (χ2v) is 5.00. The van der Waals surface area contributed by atoms with Crippen molar-refractivity contribution in [1.29, 1.82) is 0 Å². The van der Waals surface area contributed by atoms with Gasteiger partial charge in [0.25, 0.3) is 0 Å². The highest BCUT2D eigenvalue weighted by Crippen LogP contribution is 2.15.